The lowest BCUT2D eigenvalue weighted by Gasteiger charge is -2.06. The van der Waals surface area contributed by atoms with Crippen LogP contribution in [0.4, 0.5) is 0 Å². The first-order valence-corrected chi connectivity index (χ1v) is 3.37. The van der Waals surface area contributed by atoms with Crippen molar-refractivity contribution in [1.29, 1.82) is 0 Å². The predicted octanol–water partition coefficient (Wildman–Crippen LogP) is -0.0503. The van der Waals surface area contributed by atoms with Crippen LogP contribution in [0, 0.1) is 0 Å². The highest BCUT2D eigenvalue weighted by molar-refractivity contribution is 14.1. The van der Waals surface area contributed by atoms with Gasteiger partial charge in [0.25, 0.3) is 5.91 Å². The van der Waals surface area contributed by atoms with Crippen molar-refractivity contribution in [2.24, 2.45) is 4.99 Å². The first-order chi connectivity index (χ1) is 3.80. The van der Waals surface area contributed by atoms with Gasteiger partial charge in [0.15, 0.2) is 3.72 Å². The Morgan fingerprint density at radius 1 is 1.75 bits per heavy atom. The van der Waals surface area contributed by atoms with Crippen LogP contribution in [0.25, 0.3) is 0 Å². The van der Waals surface area contributed by atoms with Crippen LogP contribution in [0.1, 0.15) is 0 Å². The zero-order valence-electron chi connectivity index (χ0n) is 4.15. The van der Waals surface area contributed by atoms with Gasteiger partial charge < -0.3 is 5.32 Å². The number of aliphatic imine (C=N–C) groups is 1. The number of carbonyl (C=O) groups is 1. The number of halogens is 1. The SMILES string of the molecule is O=C1NCCN=C1I. The van der Waals surface area contributed by atoms with Gasteiger partial charge in [0, 0.05) is 6.54 Å². The summed E-state index contributed by atoms with van der Waals surface area (Å²) in [5.41, 5.74) is 0. The number of carbonyl (C=O) groups excluding carboxylic acids is 1. The van der Waals surface area contributed by atoms with Crippen LogP contribution in [-0.4, -0.2) is 22.7 Å². The van der Waals surface area contributed by atoms with Crippen molar-refractivity contribution < 1.29 is 4.79 Å². The molecule has 0 unspecified atom stereocenters. The fraction of sp³-hybridized carbons (Fsp3) is 0.500. The molecule has 0 aliphatic carbocycles. The molecule has 44 valence electrons. The molecule has 1 N–H and O–H groups in total. The Labute approximate surface area is 60.7 Å². The summed E-state index contributed by atoms with van der Waals surface area (Å²) in [7, 11) is 0. The van der Waals surface area contributed by atoms with Crippen LogP contribution >= 0.6 is 22.6 Å². The number of rotatable bonds is 0. The van der Waals surface area contributed by atoms with Gasteiger partial charge in [-0.1, -0.05) is 0 Å². The van der Waals surface area contributed by atoms with Gasteiger partial charge in [-0.15, -0.1) is 0 Å². The van der Waals surface area contributed by atoms with Crippen molar-refractivity contribution in [2.75, 3.05) is 13.1 Å². The largest absolute Gasteiger partial charge is 0.348 e. The fourth-order valence-electron chi connectivity index (χ4n) is 0.468. The molecule has 1 aliphatic rings. The average molecular weight is 224 g/mol. The topological polar surface area (TPSA) is 41.5 Å². The van der Waals surface area contributed by atoms with Crippen molar-refractivity contribution in [3.8, 4) is 0 Å². The number of hydrogen-bond acceptors (Lipinski definition) is 2. The zero-order chi connectivity index (χ0) is 5.98. The van der Waals surface area contributed by atoms with Gasteiger partial charge in [0.05, 0.1) is 6.54 Å². The van der Waals surface area contributed by atoms with Crippen molar-refractivity contribution in [2.45, 2.75) is 0 Å². The number of nitrogens with one attached hydrogen (secondary N) is 1. The summed E-state index contributed by atoms with van der Waals surface area (Å²) >= 11 is 1.92. The smallest absolute Gasteiger partial charge is 0.275 e. The van der Waals surface area contributed by atoms with Crippen LogP contribution < -0.4 is 5.32 Å². The lowest BCUT2D eigenvalue weighted by molar-refractivity contribution is -0.114. The Hall–Kier alpha value is -0.130. The van der Waals surface area contributed by atoms with E-state index in [2.05, 4.69) is 10.3 Å². The molecule has 0 atom stereocenters. The number of amides is 1. The van der Waals surface area contributed by atoms with Gasteiger partial charge >= 0.3 is 0 Å². The lowest BCUT2D eigenvalue weighted by atomic mass is 10.5. The van der Waals surface area contributed by atoms with Crippen LogP contribution in [0.3, 0.4) is 0 Å². The van der Waals surface area contributed by atoms with Crippen molar-refractivity contribution in [3.05, 3.63) is 0 Å². The molecule has 1 heterocycles. The maximum atomic E-state index is 10.5. The van der Waals surface area contributed by atoms with Crippen LogP contribution in [-0.2, 0) is 4.79 Å². The van der Waals surface area contributed by atoms with Gasteiger partial charge in [0.2, 0.25) is 0 Å². The Bertz CT molecular complexity index is 143. The summed E-state index contributed by atoms with van der Waals surface area (Å²) in [4.78, 5) is 14.4. The van der Waals surface area contributed by atoms with E-state index in [9.17, 15) is 4.79 Å². The first kappa shape index (κ1) is 6.00. The summed E-state index contributed by atoms with van der Waals surface area (Å²) in [6.07, 6.45) is 0. The van der Waals surface area contributed by atoms with E-state index in [0.29, 0.717) is 10.3 Å². The molecule has 0 aromatic carbocycles. The summed E-state index contributed by atoms with van der Waals surface area (Å²) < 4.78 is 0.564. The molecule has 1 aliphatic heterocycles. The molecule has 8 heavy (non-hydrogen) atoms. The molecule has 0 fully saturated rings. The quantitative estimate of drug-likeness (QED) is 0.576. The Morgan fingerprint density at radius 2 is 2.50 bits per heavy atom. The summed E-state index contributed by atoms with van der Waals surface area (Å²) in [5, 5.41) is 2.65. The minimum atomic E-state index is -0.0446. The summed E-state index contributed by atoms with van der Waals surface area (Å²) in [6, 6.07) is 0. The van der Waals surface area contributed by atoms with Crippen LogP contribution in [0.5, 0.6) is 0 Å². The normalized spacial score (nSPS) is 19.6. The molecule has 0 saturated carbocycles. The molecule has 1 amide bonds. The average Bonchev–Trinajstić information content (AvgIpc) is 1.77. The minimum absolute atomic E-state index is 0.0446. The molecule has 4 heteroatoms. The zero-order valence-corrected chi connectivity index (χ0v) is 6.31. The molecule has 0 radical (unpaired) electrons. The fourth-order valence-corrected chi connectivity index (χ4v) is 0.900. The first-order valence-electron chi connectivity index (χ1n) is 2.29. The Morgan fingerprint density at radius 3 is 2.88 bits per heavy atom. The highest BCUT2D eigenvalue weighted by atomic mass is 127. The second kappa shape index (κ2) is 2.43. The van der Waals surface area contributed by atoms with Gasteiger partial charge in [-0.2, -0.15) is 0 Å². The van der Waals surface area contributed by atoms with E-state index in [-0.39, 0.29) is 5.91 Å². The van der Waals surface area contributed by atoms with E-state index in [1.165, 1.54) is 0 Å². The Balaban J connectivity index is 2.67. The van der Waals surface area contributed by atoms with Crippen molar-refractivity contribution in [3.63, 3.8) is 0 Å². The third-order valence-electron chi connectivity index (χ3n) is 0.835. The van der Waals surface area contributed by atoms with Gasteiger partial charge in [-0.05, 0) is 22.6 Å². The van der Waals surface area contributed by atoms with E-state index in [4.69, 9.17) is 0 Å². The van der Waals surface area contributed by atoms with E-state index in [0.717, 1.165) is 6.54 Å². The monoisotopic (exact) mass is 224 g/mol. The third kappa shape index (κ3) is 1.18. The predicted molar refractivity (Wildman–Crippen MR) is 39.3 cm³/mol. The van der Waals surface area contributed by atoms with Crippen LogP contribution in [0.2, 0.25) is 0 Å². The van der Waals surface area contributed by atoms with E-state index in [1.54, 1.807) is 0 Å². The molecular formula is C4H5IN2O. The number of hydrogen-bond donors (Lipinski definition) is 1. The molecular weight excluding hydrogens is 219 g/mol. The second-order valence-electron chi connectivity index (χ2n) is 1.43. The van der Waals surface area contributed by atoms with Gasteiger partial charge in [0.1, 0.15) is 0 Å². The molecule has 0 spiro atoms. The Kier molecular flexibility index (Phi) is 1.82. The minimum Gasteiger partial charge on any atom is -0.348 e. The standard InChI is InChI=1S/C4H5IN2O/c5-3-4(8)7-2-1-6-3/h1-2H2,(H,7,8). The van der Waals surface area contributed by atoms with E-state index >= 15 is 0 Å². The molecule has 0 aromatic rings. The molecule has 0 aromatic heterocycles. The van der Waals surface area contributed by atoms with Gasteiger partial charge in [-0.3, -0.25) is 9.79 Å². The summed E-state index contributed by atoms with van der Waals surface area (Å²) in [5.74, 6) is -0.0446. The highest BCUT2D eigenvalue weighted by Crippen LogP contribution is 1.94. The molecule has 1 rings (SSSR count). The maximum absolute atomic E-state index is 10.5. The molecule has 0 saturated heterocycles. The lowest BCUT2D eigenvalue weighted by Crippen LogP contribution is -2.34. The maximum Gasteiger partial charge on any atom is 0.275 e. The van der Waals surface area contributed by atoms with Gasteiger partial charge in [-0.25, -0.2) is 0 Å². The molecule has 3 nitrogen and oxygen atoms in total. The second-order valence-corrected chi connectivity index (χ2v) is 2.45. The van der Waals surface area contributed by atoms with Crippen molar-refractivity contribution >= 4 is 32.2 Å². The molecule has 0 bridgehead atoms. The third-order valence-corrected chi connectivity index (χ3v) is 1.67. The van der Waals surface area contributed by atoms with E-state index < -0.39 is 0 Å². The highest BCUT2D eigenvalue weighted by Gasteiger charge is 2.09. The van der Waals surface area contributed by atoms with Crippen LogP contribution in [0.15, 0.2) is 4.99 Å². The van der Waals surface area contributed by atoms with E-state index in [1.807, 2.05) is 22.6 Å². The van der Waals surface area contributed by atoms with Crippen molar-refractivity contribution in [1.82, 2.24) is 5.32 Å². The number of nitrogens with zero attached hydrogens (tertiary/aromatic N) is 1. The summed E-state index contributed by atoms with van der Waals surface area (Å²) in [6.45, 7) is 1.41.